The summed E-state index contributed by atoms with van der Waals surface area (Å²) in [5.74, 6) is -0.737. The van der Waals surface area contributed by atoms with Crippen molar-refractivity contribution in [2.45, 2.75) is 32.6 Å². The first-order valence-corrected chi connectivity index (χ1v) is 6.21. The second-order valence-electron chi connectivity index (χ2n) is 4.36. The van der Waals surface area contributed by atoms with Crippen LogP contribution in [0, 0.1) is 0 Å². The highest BCUT2D eigenvalue weighted by molar-refractivity contribution is 6.52. The molecule has 1 aliphatic rings. The van der Waals surface area contributed by atoms with E-state index in [9.17, 15) is 9.59 Å². The molecule has 0 N–H and O–H groups in total. The molecule has 3 heteroatoms. The third-order valence-electron chi connectivity index (χ3n) is 3.11. The first-order valence-electron chi connectivity index (χ1n) is 6.21. The maximum absolute atomic E-state index is 11.8. The number of hydrogen-bond acceptors (Lipinski definition) is 2. The Hall–Kier alpha value is -1.64. The highest BCUT2D eigenvalue weighted by Crippen LogP contribution is 2.28. The van der Waals surface area contributed by atoms with E-state index in [1.807, 2.05) is 12.1 Å². The fourth-order valence-electron chi connectivity index (χ4n) is 2.17. The Balaban J connectivity index is 2.08. The topological polar surface area (TPSA) is 37.4 Å². The first-order chi connectivity index (χ1) is 8.25. The van der Waals surface area contributed by atoms with E-state index in [1.54, 1.807) is 17.0 Å². The molecule has 0 spiro atoms. The van der Waals surface area contributed by atoms with Crippen molar-refractivity contribution in [3.8, 4) is 0 Å². The van der Waals surface area contributed by atoms with Gasteiger partial charge in [0.1, 0.15) is 0 Å². The van der Waals surface area contributed by atoms with Crippen LogP contribution >= 0.6 is 0 Å². The molecule has 0 bridgehead atoms. The molecule has 1 aromatic carbocycles. The van der Waals surface area contributed by atoms with Crippen molar-refractivity contribution in [1.82, 2.24) is 0 Å². The van der Waals surface area contributed by atoms with Gasteiger partial charge in [-0.1, -0.05) is 38.3 Å². The molecule has 90 valence electrons. The summed E-state index contributed by atoms with van der Waals surface area (Å²) in [6, 6.07) is 7.23. The molecule has 1 aromatic rings. The highest BCUT2D eigenvalue weighted by Gasteiger charge is 2.34. The summed E-state index contributed by atoms with van der Waals surface area (Å²) in [6.45, 7) is 2.81. The van der Waals surface area contributed by atoms with Crippen molar-refractivity contribution in [1.29, 1.82) is 0 Å². The molecule has 3 nitrogen and oxygen atoms in total. The predicted molar refractivity (Wildman–Crippen MR) is 67.3 cm³/mol. The van der Waals surface area contributed by atoms with Gasteiger partial charge in [0.25, 0.3) is 11.7 Å². The molecule has 0 aliphatic carbocycles. The molecule has 0 unspecified atom stereocenters. The molecule has 2 rings (SSSR count). The van der Waals surface area contributed by atoms with E-state index in [-0.39, 0.29) is 11.7 Å². The number of nitrogens with zero attached hydrogens (tertiary/aromatic N) is 1. The molecule has 0 radical (unpaired) electrons. The number of anilines is 1. The van der Waals surface area contributed by atoms with E-state index >= 15 is 0 Å². The van der Waals surface area contributed by atoms with E-state index < -0.39 is 0 Å². The molecule has 0 aromatic heterocycles. The van der Waals surface area contributed by atoms with Gasteiger partial charge in [-0.05, 0) is 18.6 Å². The summed E-state index contributed by atoms with van der Waals surface area (Å²) in [5, 5.41) is 0. The lowest BCUT2D eigenvalue weighted by Crippen LogP contribution is -2.30. The first kappa shape index (κ1) is 11.8. The Labute approximate surface area is 101 Å². The van der Waals surface area contributed by atoms with Crippen molar-refractivity contribution < 1.29 is 9.59 Å². The quantitative estimate of drug-likeness (QED) is 0.577. The van der Waals surface area contributed by atoms with Gasteiger partial charge in [0.2, 0.25) is 0 Å². The van der Waals surface area contributed by atoms with Crippen LogP contribution in [0.15, 0.2) is 24.3 Å². The number of Topliss-reactive ketones (excluding diaryl/α,β-unsaturated/α-hetero) is 1. The second-order valence-corrected chi connectivity index (χ2v) is 4.36. The van der Waals surface area contributed by atoms with Gasteiger partial charge in [-0.2, -0.15) is 0 Å². The van der Waals surface area contributed by atoms with Gasteiger partial charge >= 0.3 is 0 Å². The Morgan fingerprint density at radius 1 is 1.06 bits per heavy atom. The minimum atomic E-state index is -0.373. The average molecular weight is 231 g/mol. The minimum absolute atomic E-state index is 0.365. The Morgan fingerprint density at radius 2 is 1.82 bits per heavy atom. The molecule has 17 heavy (non-hydrogen) atoms. The van der Waals surface area contributed by atoms with E-state index in [4.69, 9.17) is 0 Å². The highest BCUT2D eigenvalue weighted by atomic mass is 16.2. The van der Waals surface area contributed by atoms with E-state index in [1.165, 1.54) is 12.8 Å². The Morgan fingerprint density at radius 3 is 2.59 bits per heavy atom. The number of carbonyl (C=O) groups is 2. The van der Waals surface area contributed by atoms with Crippen LogP contribution in [0.25, 0.3) is 0 Å². The largest absolute Gasteiger partial charge is 0.305 e. The molecule has 1 amide bonds. The average Bonchev–Trinajstić information content (AvgIpc) is 2.60. The third-order valence-corrected chi connectivity index (χ3v) is 3.11. The SMILES string of the molecule is CCCCCCN1C(=O)C(=O)c2ccccc21. The van der Waals surface area contributed by atoms with Crippen molar-refractivity contribution >= 4 is 17.4 Å². The van der Waals surface area contributed by atoms with Gasteiger partial charge in [-0.15, -0.1) is 0 Å². The van der Waals surface area contributed by atoms with Crippen LogP contribution in [0.2, 0.25) is 0 Å². The van der Waals surface area contributed by atoms with Crippen LogP contribution in [-0.4, -0.2) is 18.2 Å². The number of carbonyl (C=O) groups excluding carboxylic acids is 2. The lowest BCUT2D eigenvalue weighted by molar-refractivity contribution is -0.114. The maximum atomic E-state index is 11.8. The van der Waals surface area contributed by atoms with Gasteiger partial charge < -0.3 is 4.90 Å². The fourth-order valence-corrected chi connectivity index (χ4v) is 2.17. The number of hydrogen-bond donors (Lipinski definition) is 0. The molecule has 0 fully saturated rings. The molecule has 1 aliphatic heterocycles. The van der Waals surface area contributed by atoms with Crippen LogP contribution in [-0.2, 0) is 4.79 Å². The zero-order valence-electron chi connectivity index (χ0n) is 10.1. The zero-order chi connectivity index (χ0) is 12.3. The Bertz CT molecular complexity index is 440. The van der Waals surface area contributed by atoms with Crippen LogP contribution < -0.4 is 4.90 Å². The molecular weight excluding hydrogens is 214 g/mol. The number of fused-ring (bicyclic) bond motifs is 1. The molecule has 0 atom stereocenters. The van der Waals surface area contributed by atoms with Gasteiger partial charge in [-0.25, -0.2) is 0 Å². The number of para-hydroxylation sites is 1. The molecule has 0 saturated heterocycles. The maximum Gasteiger partial charge on any atom is 0.299 e. The van der Waals surface area contributed by atoms with Gasteiger partial charge in [0.05, 0.1) is 11.3 Å². The molecular formula is C14H17NO2. The zero-order valence-corrected chi connectivity index (χ0v) is 10.1. The number of benzene rings is 1. The summed E-state index contributed by atoms with van der Waals surface area (Å²) in [6.07, 6.45) is 4.42. The number of ketones is 1. The summed E-state index contributed by atoms with van der Waals surface area (Å²) in [4.78, 5) is 25.1. The van der Waals surface area contributed by atoms with Crippen molar-refractivity contribution in [2.75, 3.05) is 11.4 Å². The lowest BCUT2D eigenvalue weighted by Gasteiger charge is -2.15. The Kier molecular flexibility index (Phi) is 3.57. The lowest BCUT2D eigenvalue weighted by atomic mass is 10.1. The fraction of sp³-hybridized carbons (Fsp3) is 0.429. The monoisotopic (exact) mass is 231 g/mol. The molecule has 0 saturated carbocycles. The minimum Gasteiger partial charge on any atom is -0.305 e. The number of amides is 1. The van der Waals surface area contributed by atoms with Crippen LogP contribution in [0.5, 0.6) is 0 Å². The standard InChI is InChI=1S/C14H17NO2/c1-2-3-4-7-10-15-12-9-6-5-8-11(12)13(16)14(15)17/h5-6,8-9H,2-4,7,10H2,1H3. The smallest absolute Gasteiger partial charge is 0.299 e. The van der Waals surface area contributed by atoms with Gasteiger partial charge in [0, 0.05) is 6.54 Å². The molecule has 1 heterocycles. The summed E-state index contributed by atoms with van der Waals surface area (Å²) < 4.78 is 0. The predicted octanol–water partition coefficient (Wildman–Crippen LogP) is 2.80. The second kappa shape index (κ2) is 5.13. The van der Waals surface area contributed by atoms with Crippen molar-refractivity contribution in [2.24, 2.45) is 0 Å². The van der Waals surface area contributed by atoms with Crippen molar-refractivity contribution in [3.63, 3.8) is 0 Å². The van der Waals surface area contributed by atoms with Crippen molar-refractivity contribution in [3.05, 3.63) is 29.8 Å². The summed E-state index contributed by atoms with van der Waals surface area (Å²) >= 11 is 0. The van der Waals surface area contributed by atoms with Gasteiger partial charge in [0.15, 0.2) is 0 Å². The number of unbranched alkanes of at least 4 members (excludes halogenated alkanes) is 3. The van der Waals surface area contributed by atoms with Crippen LogP contribution in [0.1, 0.15) is 43.0 Å². The van der Waals surface area contributed by atoms with E-state index in [0.29, 0.717) is 12.1 Å². The van der Waals surface area contributed by atoms with E-state index in [0.717, 1.165) is 18.5 Å². The summed E-state index contributed by atoms with van der Waals surface area (Å²) in [5.41, 5.74) is 1.33. The van der Waals surface area contributed by atoms with Gasteiger partial charge in [-0.3, -0.25) is 9.59 Å². The van der Waals surface area contributed by atoms with Crippen LogP contribution in [0.3, 0.4) is 0 Å². The number of rotatable bonds is 5. The summed E-state index contributed by atoms with van der Waals surface area (Å²) in [7, 11) is 0. The van der Waals surface area contributed by atoms with Crippen LogP contribution in [0.4, 0.5) is 5.69 Å². The van der Waals surface area contributed by atoms with E-state index in [2.05, 4.69) is 6.92 Å². The normalized spacial score (nSPS) is 14.3. The third kappa shape index (κ3) is 2.23.